The Kier molecular flexibility index (Phi) is 9.29. The van der Waals surface area contributed by atoms with Crippen LogP contribution >= 0.6 is 0 Å². The second-order valence-corrected chi connectivity index (χ2v) is 11.8. The van der Waals surface area contributed by atoms with E-state index in [-0.39, 0.29) is 11.3 Å². The van der Waals surface area contributed by atoms with Crippen molar-refractivity contribution in [1.82, 2.24) is 14.8 Å². The molecule has 1 atom stereocenters. The first-order chi connectivity index (χ1) is 19.6. The number of halogens is 1. The molecule has 5 rings (SSSR count). The topological polar surface area (TPSA) is 86.1 Å². The number of fused-ring (bicyclic) bond motifs is 1. The molecule has 1 N–H and O–H groups in total. The number of carbonyl (C=O) groups is 1. The molecule has 0 saturated carbocycles. The molecule has 7 nitrogen and oxygen atoms in total. The van der Waals surface area contributed by atoms with Gasteiger partial charge in [-0.05, 0) is 87.7 Å². The third-order valence-corrected chi connectivity index (χ3v) is 7.63. The van der Waals surface area contributed by atoms with E-state index in [9.17, 15) is 13.4 Å². The highest BCUT2D eigenvalue weighted by atomic mass is 32.2. The number of nitrogens with zero attached hydrogens (tertiary/aromatic N) is 3. The fourth-order valence-corrected chi connectivity index (χ4v) is 5.16. The molecule has 0 aliphatic heterocycles. The molecule has 0 fully saturated rings. The van der Waals surface area contributed by atoms with Crippen molar-refractivity contribution >= 4 is 33.8 Å². The quantitative estimate of drug-likeness (QED) is 0.205. The third kappa shape index (κ3) is 7.24. The number of aryl methyl sites for hydroxylation is 2. The van der Waals surface area contributed by atoms with Crippen LogP contribution in [-0.2, 0) is 27.6 Å². The lowest BCUT2D eigenvalue weighted by Gasteiger charge is -2.18. The van der Waals surface area contributed by atoms with Crippen molar-refractivity contribution in [2.75, 3.05) is 5.32 Å². The first-order valence-corrected chi connectivity index (χ1v) is 14.3. The molecule has 0 aliphatic carbocycles. The number of benzene rings is 3. The number of ether oxygens (including phenoxy) is 1. The minimum atomic E-state index is -1.33. The van der Waals surface area contributed by atoms with Gasteiger partial charge in [0.25, 0.3) is 0 Å². The zero-order valence-corrected chi connectivity index (χ0v) is 24.5. The number of amides is 1. The summed E-state index contributed by atoms with van der Waals surface area (Å²) in [6.07, 6.45) is 6.45. The number of anilines is 1. The number of carbonyl (C=O) groups excluding carboxylic acids is 1. The van der Waals surface area contributed by atoms with E-state index in [1.807, 2.05) is 77.1 Å². The van der Waals surface area contributed by atoms with Gasteiger partial charge in [-0.2, -0.15) is 5.10 Å². The van der Waals surface area contributed by atoms with E-state index < -0.39 is 16.6 Å². The van der Waals surface area contributed by atoms with Crippen LogP contribution in [0.25, 0.3) is 10.9 Å². The van der Waals surface area contributed by atoms with Crippen LogP contribution < -0.4 is 10.1 Å². The highest BCUT2D eigenvalue weighted by Gasteiger charge is 2.15. The molecule has 2 heterocycles. The number of rotatable bonds is 7. The minimum absolute atomic E-state index is 0.0389. The van der Waals surface area contributed by atoms with Crippen LogP contribution in [0.15, 0.2) is 95.1 Å². The molecule has 0 saturated heterocycles. The van der Waals surface area contributed by atoms with Crippen molar-refractivity contribution in [2.24, 2.45) is 0 Å². The van der Waals surface area contributed by atoms with Crippen LogP contribution in [-0.4, -0.2) is 25.4 Å². The molecule has 0 aliphatic rings. The summed E-state index contributed by atoms with van der Waals surface area (Å²) < 4.78 is 35.3. The molecule has 0 bridgehead atoms. The van der Waals surface area contributed by atoms with Gasteiger partial charge in [-0.25, -0.2) is 8.60 Å². The van der Waals surface area contributed by atoms with Crippen molar-refractivity contribution in [3.05, 3.63) is 102 Å². The van der Waals surface area contributed by atoms with E-state index in [0.717, 1.165) is 28.1 Å². The Morgan fingerprint density at radius 2 is 1.80 bits per heavy atom. The molecule has 0 radical (unpaired) electrons. The molecule has 212 valence electrons. The molecule has 3 aromatic carbocycles. The van der Waals surface area contributed by atoms with E-state index >= 15 is 0 Å². The molecular weight excluding hydrogens is 539 g/mol. The van der Waals surface area contributed by atoms with Gasteiger partial charge in [0.2, 0.25) is 6.41 Å². The number of hydrogen-bond acceptors (Lipinski definition) is 5. The second-order valence-electron chi connectivity index (χ2n) is 10.4. The first-order valence-electron chi connectivity index (χ1n) is 13.2. The summed E-state index contributed by atoms with van der Waals surface area (Å²) in [6.45, 7) is 9.95. The van der Waals surface area contributed by atoms with Crippen molar-refractivity contribution in [2.45, 2.75) is 56.4 Å². The molecule has 0 spiro atoms. The largest absolute Gasteiger partial charge is 0.453 e. The first kappa shape index (κ1) is 29.6. The minimum Gasteiger partial charge on any atom is -0.453 e. The SMILES string of the molecule is CC(C)(C)n1cc(NC=O)cn1.CCc1cc(C)c(Oc2ccnc3ccc(S(=O)c4ccccc4)cc23)c(F)c1. The maximum absolute atomic E-state index is 14.6. The Hall–Kier alpha value is -4.37. The molecule has 1 amide bonds. The smallest absolute Gasteiger partial charge is 0.211 e. The van der Waals surface area contributed by atoms with Crippen LogP contribution in [0.1, 0.15) is 38.8 Å². The van der Waals surface area contributed by atoms with Gasteiger partial charge < -0.3 is 10.1 Å². The fraction of sp³-hybridized carbons (Fsp3) is 0.219. The lowest BCUT2D eigenvalue weighted by Crippen LogP contribution is -2.21. The summed E-state index contributed by atoms with van der Waals surface area (Å²) in [5.41, 5.74) is 3.03. The molecule has 2 aromatic heterocycles. The second kappa shape index (κ2) is 12.9. The summed E-state index contributed by atoms with van der Waals surface area (Å²) >= 11 is 0. The van der Waals surface area contributed by atoms with Crippen molar-refractivity contribution in [1.29, 1.82) is 0 Å². The maximum Gasteiger partial charge on any atom is 0.211 e. The van der Waals surface area contributed by atoms with Crippen LogP contribution in [0.4, 0.5) is 10.1 Å². The van der Waals surface area contributed by atoms with E-state index in [2.05, 4.69) is 15.4 Å². The Morgan fingerprint density at radius 1 is 1.05 bits per heavy atom. The third-order valence-electron chi connectivity index (χ3n) is 6.25. The fourth-order valence-electron chi connectivity index (χ4n) is 4.06. The Morgan fingerprint density at radius 3 is 2.44 bits per heavy atom. The predicted octanol–water partition coefficient (Wildman–Crippen LogP) is 7.41. The van der Waals surface area contributed by atoms with E-state index in [1.54, 1.807) is 41.5 Å². The lowest BCUT2D eigenvalue weighted by molar-refractivity contribution is -0.105. The van der Waals surface area contributed by atoms with Crippen LogP contribution in [0.3, 0.4) is 0 Å². The molecule has 1 unspecified atom stereocenters. The van der Waals surface area contributed by atoms with Gasteiger partial charge in [0.1, 0.15) is 5.75 Å². The summed E-state index contributed by atoms with van der Waals surface area (Å²) in [6, 6.07) is 19.8. The summed E-state index contributed by atoms with van der Waals surface area (Å²) in [7, 11) is -1.33. The van der Waals surface area contributed by atoms with Gasteiger partial charge in [0.05, 0.1) is 33.7 Å². The summed E-state index contributed by atoms with van der Waals surface area (Å²) in [5, 5.41) is 7.33. The summed E-state index contributed by atoms with van der Waals surface area (Å²) in [4.78, 5) is 15.8. The van der Waals surface area contributed by atoms with Crippen molar-refractivity contribution < 1.29 is 18.1 Å². The van der Waals surface area contributed by atoms with Gasteiger partial charge in [-0.3, -0.25) is 14.5 Å². The highest BCUT2D eigenvalue weighted by Crippen LogP contribution is 2.34. The number of aromatic nitrogens is 3. The predicted molar refractivity (Wildman–Crippen MR) is 160 cm³/mol. The van der Waals surface area contributed by atoms with Crippen molar-refractivity contribution in [3.8, 4) is 11.5 Å². The van der Waals surface area contributed by atoms with Gasteiger partial charge in [0.15, 0.2) is 11.6 Å². The number of pyridine rings is 1. The van der Waals surface area contributed by atoms with Gasteiger partial charge in [-0.1, -0.05) is 31.2 Å². The number of hydrogen-bond donors (Lipinski definition) is 1. The average Bonchev–Trinajstić information content (AvgIpc) is 3.45. The zero-order chi connectivity index (χ0) is 29.6. The van der Waals surface area contributed by atoms with Gasteiger partial charge in [0, 0.05) is 27.6 Å². The average molecular weight is 573 g/mol. The monoisotopic (exact) mass is 572 g/mol. The summed E-state index contributed by atoms with van der Waals surface area (Å²) in [5.74, 6) is 0.285. The normalized spacial score (nSPS) is 11.9. The standard InChI is InChI=1S/C24H20FNO2S.C8H13N3O/c1-3-17-13-16(2)24(21(25)14-17)28-23-11-12-26-22-10-9-19(15-20(22)23)29(27)18-7-5-4-6-8-18;1-8(2,3)11-5-7(4-10-11)9-6-12/h4-15H,3H2,1-2H3;4-6H,1-3H3,(H,9,12). The van der Waals surface area contributed by atoms with Gasteiger partial charge in [-0.15, -0.1) is 0 Å². The maximum atomic E-state index is 14.6. The Labute approximate surface area is 241 Å². The molecule has 9 heteroatoms. The molecule has 5 aromatic rings. The van der Waals surface area contributed by atoms with Gasteiger partial charge >= 0.3 is 0 Å². The Bertz CT molecular complexity index is 1660. The van der Waals surface area contributed by atoms with E-state index in [0.29, 0.717) is 28.0 Å². The highest BCUT2D eigenvalue weighted by molar-refractivity contribution is 7.85. The van der Waals surface area contributed by atoms with Crippen molar-refractivity contribution in [3.63, 3.8) is 0 Å². The lowest BCUT2D eigenvalue weighted by atomic mass is 10.1. The number of nitrogens with one attached hydrogen (secondary N) is 1. The molecule has 41 heavy (non-hydrogen) atoms. The van der Waals surface area contributed by atoms with Crippen LogP contribution in [0.5, 0.6) is 11.5 Å². The molecular formula is C32H33FN4O3S. The van der Waals surface area contributed by atoms with E-state index in [1.165, 1.54) is 6.07 Å². The Balaban J connectivity index is 0.000000271. The zero-order valence-electron chi connectivity index (χ0n) is 23.7. The van der Waals surface area contributed by atoms with Crippen LogP contribution in [0.2, 0.25) is 0 Å². The van der Waals surface area contributed by atoms with E-state index in [4.69, 9.17) is 4.74 Å². The van der Waals surface area contributed by atoms with Crippen LogP contribution in [0, 0.1) is 12.7 Å².